The molecule has 0 unspecified atom stereocenters. The van der Waals surface area contributed by atoms with Crippen LogP contribution in [0.2, 0.25) is 0 Å². The van der Waals surface area contributed by atoms with Gasteiger partial charge in [-0.3, -0.25) is 4.98 Å². The van der Waals surface area contributed by atoms with Crippen molar-refractivity contribution in [1.29, 1.82) is 0 Å². The van der Waals surface area contributed by atoms with E-state index in [4.69, 9.17) is 0 Å². The minimum atomic E-state index is -0.661. The summed E-state index contributed by atoms with van der Waals surface area (Å²) >= 11 is 1.51. The zero-order valence-electron chi connectivity index (χ0n) is 7.96. The van der Waals surface area contributed by atoms with Gasteiger partial charge in [-0.1, -0.05) is 0 Å². The molecule has 1 aliphatic carbocycles. The summed E-state index contributed by atoms with van der Waals surface area (Å²) in [5.74, 6) is -0.661. The summed E-state index contributed by atoms with van der Waals surface area (Å²) in [5.41, 5.74) is 0.597. The number of hydrogen-bond acceptors (Lipinski definition) is 4. The zero-order chi connectivity index (χ0) is 10.4. The lowest BCUT2D eigenvalue weighted by atomic mass is 9.97. The number of nitrogens with one attached hydrogen (secondary N) is 1. The van der Waals surface area contributed by atoms with E-state index in [1.807, 2.05) is 0 Å². The van der Waals surface area contributed by atoms with Crippen molar-refractivity contribution in [2.45, 2.75) is 25.7 Å². The maximum absolute atomic E-state index is 11.6. The van der Waals surface area contributed by atoms with Crippen molar-refractivity contribution in [3.8, 4) is 0 Å². The highest BCUT2D eigenvalue weighted by molar-refractivity contribution is 7.18. The molecule has 0 radical (unpaired) electrons. The van der Waals surface area contributed by atoms with E-state index >= 15 is 0 Å². The molecule has 0 bridgehead atoms. The van der Waals surface area contributed by atoms with E-state index in [0.717, 1.165) is 31.2 Å². The van der Waals surface area contributed by atoms with Crippen LogP contribution in [0.3, 0.4) is 0 Å². The van der Waals surface area contributed by atoms with E-state index in [0.29, 0.717) is 10.2 Å². The third-order valence-electron chi connectivity index (χ3n) is 2.78. The Hall–Kier alpha value is -1.36. The van der Waals surface area contributed by atoms with Gasteiger partial charge in [-0.25, -0.2) is 9.59 Å². The van der Waals surface area contributed by atoms with Crippen molar-refractivity contribution in [3.05, 3.63) is 31.4 Å². The summed E-state index contributed by atoms with van der Waals surface area (Å²) in [6.07, 6.45) is 4.20. The van der Waals surface area contributed by atoms with Gasteiger partial charge in [0.05, 0.1) is 5.39 Å². The number of hydrogen-bond donors (Lipinski definition) is 1. The predicted molar refractivity (Wildman–Crippen MR) is 57.6 cm³/mol. The van der Waals surface area contributed by atoms with Crippen molar-refractivity contribution < 1.29 is 4.42 Å². The van der Waals surface area contributed by atoms with E-state index in [1.54, 1.807) is 0 Å². The van der Waals surface area contributed by atoms with Gasteiger partial charge in [-0.15, -0.1) is 11.3 Å². The van der Waals surface area contributed by atoms with Gasteiger partial charge < -0.3 is 4.42 Å². The topological polar surface area (TPSA) is 63.1 Å². The SMILES string of the molecule is O=c1[nH]c2sc3c(c2c(=O)o1)CCCC3. The van der Waals surface area contributed by atoms with Crippen LogP contribution < -0.4 is 11.4 Å². The second-order valence-electron chi connectivity index (χ2n) is 3.72. The lowest BCUT2D eigenvalue weighted by molar-refractivity contribution is 0.460. The van der Waals surface area contributed by atoms with Crippen LogP contribution in [0.5, 0.6) is 0 Å². The Morgan fingerprint density at radius 3 is 2.87 bits per heavy atom. The van der Waals surface area contributed by atoms with Gasteiger partial charge in [0, 0.05) is 4.88 Å². The van der Waals surface area contributed by atoms with Crippen LogP contribution >= 0.6 is 11.3 Å². The number of H-pyrrole nitrogens is 1. The van der Waals surface area contributed by atoms with Crippen LogP contribution in [0, 0.1) is 0 Å². The highest BCUT2D eigenvalue weighted by Gasteiger charge is 2.19. The molecule has 0 amide bonds. The van der Waals surface area contributed by atoms with Gasteiger partial charge in [-0.2, -0.15) is 0 Å². The highest BCUT2D eigenvalue weighted by Crippen LogP contribution is 2.32. The summed E-state index contributed by atoms with van der Waals surface area (Å²) in [5, 5.41) is 0.592. The van der Waals surface area contributed by atoms with Crippen molar-refractivity contribution >= 4 is 21.6 Å². The van der Waals surface area contributed by atoms with Crippen molar-refractivity contribution in [1.82, 2.24) is 4.98 Å². The second kappa shape index (κ2) is 3.06. The molecule has 0 saturated heterocycles. The third-order valence-corrected chi connectivity index (χ3v) is 3.98. The Morgan fingerprint density at radius 1 is 1.20 bits per heavy atom. The van der Waals surface area contributed by atoms with Crippen molar-refractivity contribution in [3.63, 3.8) is 0 Å². The average molecular weight is 223 g/mol. The summed E-state index contributed by atoms with van der Waals surface area (Å²) in [7, 11) is 0. The van der Waals surface area contributed by atoms with E-state index in [9.17, 15) is 9.59 Å². The molecule has 4 nitrogen and oxygen atoms in total. The summed E-state index contributed by atoms with van der Waals surface area (Å²) in [6.45, 7) is 0. The van der Waals surface area contributed by atoms with Crippen molar-refractivity contribution in [2.75, 3.05) is 0 Å². The fourth-order valence-corrected chi connectivity index (χ4v) is 3.39. The van der Waals surface area contributed by atoms with E-state index in [2.05, 4.69) is 9.40 Å². The largest absolute Gasteiger partial charge is 0.420 e. The van der Waals surface area contributed by atoms with Gasteiger partial charge in [0.1, 0.15) is 4.83 Å². The monoisotopic (exact) mass is 223 g/mol. The molecule has 0 atom stereocenters. The molecular formula is C10H9NO3S. The van der Waals surface area contributed by atoms with Gasteiger partial charge >= 0.3 is 11.4 Å². The van der Waals surface area contributed by atoms with Crippen LogP contribution in [-0.2, 0) is 12.8 Å². The molecule has 0 fully saturated rings. The molecule has 5 heteroatoms. The Bertz CT molecular complexity index is 634. The number of aryl methyl sites for hydroxylation is 2. The van der Waals surface area contributed by atoms with Crippen molar-refractivity contribution in [2.24, 2.45) is 0 Å². The van der Waals surface area contributed by atoms with Crippen LogP contribution in [0.1, 0.15) is 23.3 Å². The Balaban J connectivity index is 2.47. The molecule has 0 spiro atoms. The first-order valence-corrected chi connectivity index (χ1v) is 5.75. The summed E-state index contributed by atoms with van der Waals surface area (Å²) in [6, 6.07) is 0. The first-order chi connectivity index (χ1) is 7.25. The quantitative estimate of drug-likeness (QED) is 0.734. The lowest BCUT2D eigenvalue weighted by Crippen LogP contribution is -2.14. The molecular weight excluding hydrogens is 214 g/mol. The van der Waals surface area contributed by atoms with Crippen LogP contribution in [0.15, 0.2) is 14.0 Å². The molecule has 0 aliphatic heterocycles. The fraction of sp³-hybridized carbons (Fsp3) is 0.400. The minimum Gasteiger partial charge on any atom is -0.372 e. The second-order valence-corrected chi connectivity index (χ2v) is 4.82. The molecule has 15 heavy (non-hydrogen) atoms. The molecule has 0 aromatic carbocycles. The summed E-state index contributed by atoms with van der Waals surface area (Å²) in [4.78, 5) is 27.0. The Morgan fingerprint density at radius 2 is 2.00 bits per heavy atom. The minimum absolute atomic E-state index is 0.492. The average Bonchev–Trinajstić information content (AvgIpc) is 2.54. The molecule has 0 saturated carbocycles. The molecule has 1 aliphatic rings. The van der Waals surface area contributed by atoms with Gasteiger partial charge in [-0.05, 0) is 31.2 Å². The number of thiophene rings is 1. The van der Waals surface area contributed by atoms with Gasteiger partial charge in [0.25, 0.3) is 0 Å². The fourth-order valence-electron chi connectivity index (χ4n) is 2.12. The molecule has 3 rings (SSSR count). The van der Waals surface area contributed by atoms with E-state index in [-0.39, 0.29) is 0 Å². The highest BCUT2D eigenvalue weighted by atomic mass is 32.1. The number of aromatic nitrogens is 1. The predicted octanol–water partition coefficient (Wildman–Crippen LogP) is 1.42. The maximum Gasteiger partial charge on any atom is 0.420 e. The first kappa shape index (κ1) is 8.91. The molecule has 78 valence electrons. The smallest absolute Gasteiger partial charge is 0.372 e. The third kappa shape index (κ3) is 1.26. The summed E-state index contributed by atoms with van der Waals surface area (Å²) < 4.78 is 4.55. The van der Waals surface area contributed by atoms with Crippen LogP contribution in [0.25, 0.3) is 10.2 Å². The van der Waals surface area contributed by atoms with Gasteiger partial charge in [0.15, 0.2) is 0 Å². The van der Waals surface area contributed by atoms with Gasteiger partial charge in [0.2, 0.25) is 0 Å². The molecule has 1 N–H and O–H groups in total. The Labute approximate surface area is 88.6 Å². The number of rotatable bonds is 0. The maximum atomic E-state index is 11.6. The zero-order valence-corrected chi connectivity index (χ0v) is 8.78. The molecule has 2 aromatic rings. The first-order valence-electron chi connectivity index (χ1n) is 4.93. The number of fused-ring (bicyclic) bond motifs is 3. The van der Waals surface area contributed by atoms with E-state index in [1.165, 1.54) is 16.2 Å². The molecule has 2 aromatic heterocycles. The number of aromatic amines is 1. The van der Waals surface area contributed by atoms with Crippen LogP contribution in [0.4, 0.5) is 0 Å². The standard InChI is InChI=1S/C10H9NO3S/c12-9-7-5-3-1-2-4-6(5)15-8(7)11-10(13)14-9/h1-4H2,(H,11,13). The molecule has 2 heterocycles. The van der Waals surface area contributed by atoms with E-state index < -0.39 is 11.4 Å². The Kier molecular flexibility index (Phi) is 1.82. The van der Waals surface area contributed by atoms with Crippen LogP contribution in [-0.4, -0.2) is 4.98 Å². The normalized spacial score (nSPS) is 15.5. The lowest BCUT2D eigenvalue weighted by Gasteiger charge is -2.09.